The van der Waals surface area contributed by atoms with E-state index < -0.39 is 0 Å². The highest BCUT2D eigenvalue weighted by Gasteiger charge is 2.32. The Bertz CT molecular complexity index is 232. The lowest BCUT2D eigenvalue weighted by atomic mass is 9.94. The number of nitrogens with zero attached hydrogens (tertiary/aromatic N) is 1. The Balaban J connectivity index is 1.84. The van der Waals surface area contributed by atoms with Crippen molar-refractivity contribution in [1.82, 2.24) is 4.90 Å². The largest absolute Gasteiger partial charge is 0.395 e. The number of aliphatic hydroxyl groups excluding tert-OH is 1. The van der Waals surface area contributed by atoms with Gasteiger partial charge in [-0.1, -0.05) is 19.3 Å². The maximum absolute atomic E-state index is 11.8. The summed E-state index contributed by atoms with van der Waals surface area (Å²) in [7, 11) is 0. The zero-order valence-electron chi connectivity index (χ0n) is 10.0. The van der Waals surface area contributed by atoms with E-state index in [1.807, 2.05) is 0 Å². The maximum Gasteiger partial charge on any atom is 0.149 e. The molecule has 2 aliphatic rings. The van der Waals surface area contributed by atoms with Crippen molar-refractivity contribution in [3.8, 4) is 0 Å². The van der Waals surface area contributed by atoms with Crippen LogP contribution < -0.4 is 0 Å². The highest BCUT2D eigenvalue weighted by molar-refractivity contribution is 5.85. The molecule has 0 unspecified atom stereocenters. The summed E-state index contributed by atoms with van der Waals surface area (Å²) in [4.78, 5) is 14.0. The van der Waals surface area contributed by atoms with Crippen LogP contribution in [0.2, 0.25) is 0 Å². The van der Waals surface area contributed by atoms with Gasteiger partial charge in [0.2, 0.25) is 0 Å². The predicted octanol–water partition coefficient (Wildman–Crippen LogP) is 1.59. The summed E-state index contributed by atoms with van der Waals surface area (Å²) in [6, 6.07) is 0.545. The number of aliphatic hydroxyl groups is 1. The van der Waals surface area contributed by atoms with Crippen LogP contribution in [0.3, 0.4) is 0 Å². The Kier molecular flexibility index (Phi) is 4.36. The summed E-state index contributed by atoms with van der Waals surface area (Å²) < 4.78 is 0. The summed E-state index contributed by atoms with van der Waals surface area (Å²) in [6.07, 6.45) is 8.50. The van der Waals surface area contributed by atoms with E-state index in [4.69, 9.17) is 5.11 Å². The SMILES string of the molecule is O=C(CN(CCO)C1CCCCC1)C1CC1. The van der Waals surface area contributed by atoms with Crippen molar-refractivity contribution in [2.24, 2.45) is 5.92 Å². The number of hydrogen-bond acceptors (Lipinski definition) is 3. The fraction of sp³-hybridized carbons (Fsp3) is 0.923. The zero-order chi connectivity index (χ0) is 11.4. The van der Waals surface area contributed by atoms with Crippen LogP contribution in [0.25, 0.3) is 0 Å². The van der Waals surface area contributed by atoms with Gasteiger partial charge in [0.15, 0.2) is 0 Å². The van der Waals surface area contributed by atoms with Crippen molar-refractivity contribution in [1.29, 1.82) is 0 Å². The fourth-order valence-electron chi connectivity index (χ4n) is 2.70. The summed E-state index contributed by atoms with van der Waals surface area (Å²) in [5.41, 5.74) is 0. The van der Waals surface area contributed by atoms with Crippen molar-refractivity contribution in [2.75, 3.05) is 19.7 Å². The van der Waals surface area contributed by atoms with Gasteiger partial charge in [-0.2, -0.15) is 0 Å². The molecule has 3 heteroatoms. The predicted molar refractivity (Wildman–Crippen MR) is 63.3 cm³/mol. The lowest BCUT2D eigenvalue weighted by Gasteiger charge is -2.33. The van der Waals surface area contributed by atoms with Crippen LogP contribution in [-0.2, 0) is 4.79 Å². The van der Waals surface area contributed by atoms with Gasteiger partial charge in [0.25, 0.3) is 0 Å². The van der Waals surface area contributed by atoms with E-state index in [0.717, 1.165) is 12.8 Å². The van der Waals surface area contributed by atoms with Crippen LogP contribution in [0.15, 0.2) is 0 Å². The van der Waals surface area contributed by atoms with Crippen molar-refractivity contribution in [3.63, 3.8) is 0 Å². The number of rotatable bonds is 6. The molecule has 92 valence electrons. The molecule has 0 aromatic heterocycles. The number of carbonyl (C=O) groups is 1. The highest BCUT2D eigenvalue weighted by atomic mass is 16.3. The van der Waals surface area contributed by atoms with Crippen LogP contribution in [0, 0.1) is 5.92 Å². The van der Waals surface area contributed by atoms with Gasteiger partial charge in [-0.25, -0.2) is 0 Å². The van der Waals surface area contributed by atoms with Gasteiger partial charge < -0.3 is 5.11 Å². The second-order valence-electron chi connectivity index (χ2n) is 5.23. The lowest BCUT2D eigenvalue weighted by Crippen LogP contribution is -2.42. The molecule has 0 amide bonds. The maximum atomic E-state index is 11.8. The molecule has 0 bridgehead atoms. The second kappa shape index (κ2) is 5.78. The Labute approximate surface area is 97.8 Å². The molecule has 2 fully saturated rings. The normalized spacial score (nSPS) is 22.6. The molecule has 1 N–H and O–H groups in total. The van der Waals surface area contributed by atoms with Gasteiger partial charge in [0, 0.05) is 18.5 Å². The average molecular weight is 225 g/mol. The first kappa shape index (κ1) is 12.1. The third-order valence-electron chi connectivity index (χ3n) is 3.87. The van der Waals surface area contributed by atoms with Gasteiger partial charge in [-0.15, -0.1) is 0 Å². The van der Waals surface area contributed by atoms with Gasteiger partial charge >= 0.3 is 0 Å². The molecule has 0 spiro atoms. The molecule has 0 atom stereocenters. The standard InChI is InChI=1S/C13H23NO2/c15-9-8-14(10-13(16)11-6-7-11)12-4-2-1-3-5-12/h11-12,15H,1-10H2. The monoisotopic (exact) mass is 225 g/mol. The lowest BCUT2D eigenvalue weighted by molar-refractivity contribution is -0.122. The second-order valence-corrected chi connectivity index (χ2v) is 5.23. The first-order valence-corrected chi connectivity index (χ1v) is 6.69. The minimum absolute atomic E-state index is 0.175. The minimum Gasteiger partial charge on any atom is -0.395 e. The molecule has 2 rings (SSSR count). The van der Waals surface area contributed by atoms with Crippen LogP contribution in [0.5, 0.6) is 0 Å². The van der Waals surface area contributed by atoms with E-state index in [2.05, 4.69) is 4.90 Å². The summed E-state index contributed by atoms with van der Waals surface area (Å²) in [5, 5.41) is 9.08. The molecule has 3 nitrogen and oxygen atoms in total. The van der Waals surface area contributed by atoms with Gasteiger partial charge in [-0.05, 0) is 25.7 Å². The van der Waals surface area contributed by atoms with Crippen LogP contribution in [-0.4, -0.2) is 41.5 Å². The number of carbonyl (C=O) groups excluding carboxylic acids is 1. The number of hydrogen-bond donors (Lipinski definition) is 1. The Hall–Kier alpha value is -0.410. The molecular formula is C13H23NO2. The average Bonchev–Trinajstić information content (AvgIpc) is 3.13. The summed E-state index contributed by atoms with van der Waals surface area (Å²) >= 11 is 0. The van der Waals surface area contributed by atoms with Gasteiger partial charge in [-0.3, -0.25) is 9.69 Å². The van der Waals surface area contributed by atoms with Gasteiger partial charge in [0.1, 0.15) is 5.78 Å². The van der Waals surface area contributed by atoms with Crippen LogP contribution in [0.4, 0.5) is 0 Å². The molecular weight excluding hydrogens is 202 g/mol. The third kappa shape index (κ3) is 3.29. The summed E-state index contributed by atoms with van der Waals surface area (Å²) in [5.74, 6) is 0.754. The first-order chi connectivity index (χ1) is 7.81. The van der Waals surface area contributed by atoms with E-state index in [0.29, 0.717) is 30.8 Å². The quantitative estimate of drug-likeness (QED) is 0.746. The molecule has 2 saturated carbocycles. The van der Waals surface area contributed by atoms with E-state index in [9.17, 15) is 4.79 Å². The number of Topliss-reactive ketones (excluding diaryl/α,β-unsaturated/α-hetero) is 1. The topological polar surface area (TPSA) is 40.5 Å². The Morgan fingerprint density at radius 3 is 2.38 bits per heavy atom. The molecule has 0 radical (unpaired) electrons. The molecule has 0 aromatic carbocycles. The van der Waals surface area contributed by atoms with Crippen molar-refractivity contribution >= 4 is 5.78 Å². The fourth-order valence-corrected chi connectivity index (χ4v) is 2.70. The zero-order valence-corrected chi connectivity index (χ0v) is 10.0. The smallest absolute Gasteiger partial charge is 0.149 e. The van der Waals surface area contributed by atoms with Crippen molar-refractivity contribution in [3.05, 3.63) is 0 Å². The Morgan fingerprint density at radius 2 is 1.81 bits per heavy atom. The van der Waals surface area contributed by atoms with Crippen LogP contribution >= 0.6 is 0 Å². The molecule has 2 aliphatic carbocycles. The third-order valence-corrected chi connectivity index (χ3v) is 3.87. The minimum atomic E-state index is 0.175. The van der Waals surface area contributed by atoms with E-state index in [-0.39, 0.29) is 6.61 Å². The van der Waals surface area contributed by atoms with E-state index in [1.54, 1.807) is 0 Å². The molecule has 0 heterocycles. The molecule has 16 heavy (non-hydrogen) atoms. The molecule has 0 aromatic rings. The van der Waals surface area contributed by atoms with Crippen molar-refractivity contribution < 1.29 is 9.90 Å². The van der Waals surface area contributed by atoms with E-state index >= 15 is 0 Å². The highest BCUT2D eigenvalue weighted by Crippen LogP contribution is 2.31. The van der Waals surface area contributed by atoms with Crippen molar-refractivity contribution in [2.45, 2.75) is 51.0 Å². The number of ketones is 1. The van der Waals surface area contributed by atoms with Crippen LogP contribution in [0.1, 0.15) is 44.9 Å². The van der Waals surface area contributed by atoms with Gasteiger partial charge in [0.05, 0.1) is 13.2 Å². The summed E-state index contributed by atoms with van der Waals surface area (Å²) in [6.45, 7) is 1.42. The van der Waals surface area contributed by atoms with E-state index in [1.165, 1.54) is 32.1 Å². The molecule has 0 saturated heterocycles. The Morgan fingerprint density at radius 1 is 1.12 bits per heavy atom. The molecule has 0 aliphatic heterocycles. The first-order valence-electron chi connectivity index (χ1n) is 6.69.